The Morgan fingerprint density at radius 3 is 2.89 bits per heavy atom. The Kier molecular flexibility index (Phi) is 4.37. The highest BCUT2D eigenvalue weighted by Crippen LogP contribution is 2.23. The summed E-state index contributed by atoms with van der Waals surface area (Å²) in [7, 11) is 0. The number of aromatic nitrogens is 3. The van der Waals surface area contributed by atoms with Crippen molar-refractivity contribution in [2.75, 3.05) is 0 Å². The molecule has 0 saturated heterocycles. The van der Waals surface area contributed by atoms with Gasteiger partial charge in [-0.25, -0.2) is 0 Å². The van der Waals surface area contributed by atoms with Crippen LogP contribution in [0.3, 0.4) is 0 Å². The van der Waals surface area contributed by atoms with Crippen LogP contribution in [0.25, 0.3) is 0 Å². The molecule has 0 unspecified atom stereocenters. The van der Waals surface area contributed by atoms with Gasteiger partial charge in [-0.15, -0.1) is 0 Å². The molecule has 2 rings (SSSR count). The number of carbonyl (C=O) groups excluding carboxylic acids is 1. The van der Waals surface area contributed by atoms with Crippen LogP contribution in [0.15, 0.2) is 22.8 Å². The fourth-order valence-corrected chi connectivity index (χ4v) is 2.54. The Balaban J connectivity index is 2.32. The summed E-state index contributed by atoms with van der Waals surface area (Å²) in [6.45, 7) is 4.48. The third-order valence-electron chi connectivity index (χ3n) is 2.80. The Labute approximate surface area is 124 Å². The van der Waals surface area contributed by atoms with Crippen molar-refractivity contribution in [2.45, 2.75) is 26.8 Å². The van der Waals surface area contributed by atoms with Crippen LogP contribution in [0.1, 0.15) is 28.8 Å². The van der Waals surface area contributed by atoms with E-state index in [0.29, 0.717) is 21.7 Å². The van der Waals surface area contributed by atoms with E-state index in [1.54, 1.807) is 23.0 Å². The molecule has 2 heterocycles. The number of pyridine rings is 1. The molecule has 2 aromatic rings. The number of aryl methyl sites for hydroxylation is 2. The fraction of sp³-hybridized carbons (Fsp3) is 0.308. The standard InChI is InChI=1S/C13H13BrClN3O/c1-3-18-10(12(15)8(2)17-18)7-11(19)13-9(14)5-4-6-16-13/h4-6H,3,7H2,1-2H3. The van der Waals surface area contributed by atoms with Crippen molar-refractivity contribution in [3.8, 4) is 0 Å². The normalized spacial score (nSPS) is 10.7. The third kappa shape index (κ3) is 2.87. The maximum atomic E-state index is 12.3. The van der Waals surface area contributed by atoms with Crippen LogP contribution in [-0.2, 0) is 13.0 Å². The molecule has 4 nitrogen and oxygen atoms in total. The second-order valence-electron chi connectivity index (χ2n) is 4.10. The van der Waals surface area contributed by atoms with Crippen LogP contribution in [-0.4, -0.2) is 20.5 Å². The molecule has 0 aliphatic carbocycles. The van der Waals surface area contributed by atoms with Crippen molar-refractivity contribution in [1.29, 1.82) is 0 Å². The van der Waals surface area contributed by atoms with Crippen LogP contribution in [0.2, 0.25) is 5.02 Å². The van der Waals surface area contributed by atoms with E-state index in [1.165, 1.54) is 0 Å². The van der Waals surface area contributed by atoms with E-state index in [4.69, 9.17) is 11.6 Å². The van der Waals surface area contributed by atoms with Crippen LogP contribution in [0.5, 0.6) is 0 Å². The first-order valence-corrected chi connectivity index (χ1v) is 7.07. The zero-order chi connectivity index (χ0) is 14.0. The van der Waals surface area contributed by atoms with Crippen LogP contribution in [0, 0.1) is 6.92 Å². The lowest BCUT2D eigenvalue weighted by atomic mass is 10.1. The van der Waals surface area contributed by atoms with Gasteiger partial charge in [0.25, 0.3) is 0 Å². The van der Waals surface area contributed by atoms with E-state index in [2.05, 4.69) is 26.0 Å². The van der Waals surface area contributed by atoms with E-state index in [9.17, 15) is 4.79 Å². The zero-order valence-electron chi connectivity index (χ0n) is 10.7. The van der Waals surface area contributed by atoms with E-state index in [1.807, 2.05) is 13.8 Å². The number of halogens is 2. The van der Waals surface area contributed by atoms with E-state index < -0.39 is 0 Å². The minimum Gasteiger partial charge on any atom is -0.292 e. The monoisotopic (exact) mass is 341 g/mol. The summed E-state index contributed by atoms with van der Waals surface area (Å²) >= 11 is 9.53. The minimum atomic E-state index is -0.0797. The van der Waals surface area contributed by atoms with Crippen LogP contribution < -0.4 is 0 Å². The van der Waals surface area contributed by atoms with Gasteiger partial charge in [0.15, 0.2) is 5.78 Å². The number of Topliss-reactive ketones (excluding diaryl/α,β-unsaturated/α-hetero) is 1. The molecule has 0 bridgehead atoms. The molecule has 0 aliphatic rings. The van der Waals surface area contributed by atoms with Gasteiger partial charge in [0.05, 0.1) is 22.8 Å². The third-order valence-corrected chi connectivity index (χ3v) is 3.93. The molecule has 19 heavy (non-hydrogen) atoms. The summed E-state index contributed by atoms with van der Waals surface area (Å²) in [5.74, 6) is -0.0797. The number of ketones is 1. The van der Waals surface area contributed by atoms with E-state index in [0.717, 1.165) is 11.4 Å². The molecule has 0 spiro atoms. The number of rotatable bonds is 4. The van der Waals surface area contributed by atoms with Gasteiger partial charge < -0.3 is 0 Å². The zero-order valence-corrected chi connectivity index (χ0v) is 13.0. The van der Waals surface area contributed by atoms with Crippen molar-refractivity contribution in [2.24, 2.45) is 0 Å². The number of hydrogen-bond donors (Lipinski definition) is 0. The minimum absolute atomic E-state index is 0.0797. The maximum absolute atomic E-state index is 12.3. The summed E-state index contributed by atoms with van der Waals surface area (Å²) in [6.07, 6.45) is 1.80. The van der Waals surface area contributed by atoms with Gasteiger partial charge in [-0.2, -0.15) is 5.10 Å². The maximum Gasteiger partial charge on any atom is 0.188 e. The highest BCUT2D eigenvalue weighted by Gasteiger charge is 2.19. The molecular weight excluding hydrogens is 330 g/mol. The van der Waals surface area contributed by atoms with Crippen molar-refractivity contribution >= 4 is 33.3 Å². The second-order valence-corrected chi connectivity index (χ2v) is 5.33. The first-order chi connectivity index (χ1) is 9.04. The molecule has 0 atom stereocenters. The van der Waals surface area contributed by atoms with Gasteiger partial charge in [0.2, 0.25) is 0 Å². The molecular formula is C13H13BrClN3O. The first kappa shape index (κ1) is 14.2. The number of hydrogen-bond acceptors (Lipinski definition) is 3. The molecule has 0 amide bonds. The Bertz CT molecular complexity index is 624. The lowest BCUT2D eigenvalue weighted by Crippen LogP contribution is -2.11. The smallest absolute Gasteiger partial charge is 0.188 e. The average molecular weight is 343 g/mol. The molecule has 0 fully saturated rings. The molecule has 0 aromatic carbocycles. The summed E-state index contributed by atoms with van der Waals surface area (Å²) in [4.78, 5) is 16.4. The highest BCUT2D eigenvalue weighted by molar-refractivity contribution is 9.10. The van der Waals surface area contributed by atoms with Gasteiger partial charge >= 0.3 is 0 Å². The molecule has 0 N–H and O–H groups in total. The second kappa shape index (κ2) is 5.84. The van der Waals surface area contributed by atoms with Crippen molar-refractivity contribution in [3.05, 3.63) is 44.9 Å². The van der Waals surface area contributed by atoms with E-state index >= 15 is 0 Å². The molecule has 100 valence electrons. The lowest BCUT2D eigenvalue weighted by molar-refractivity contribution is 0.0985. The lowest BCUT2D eigenvalue weighted by Gasteiger charge is -2.05. The molecule has 0 aliphatic heterocycles. The first-order valence-electron chi connectivity index (χ1n) is 5.90. The van der Waals surface area contributed by atoms with Gasteiger partial charge in [0, 0.05) is 17.2 Å². The summed E-state index contributed by atoms with van der Waals surface area (Å²) in [6, 6.07) is 3.57. The Morgan fingerprint density at radius 1 is 1.53 bits per heavy atom. The quantitative estimate of drug-likeness (QED) is 0.800. The van der Waals surface area contributed by atoms with Gasteiger partial charge in [0.1, 0.15) is 5.69 Å². The average Bonchev–Trinajstić information content (AvgIpc) is 2.67. The SMILES string of the molecule is CCn1nc(C)c(Cl)c1CC(=O)c1ncccc1Br. The van der Waals surface area contributed by atoms with Gasteiger partial charge in [-0.1, -0.05) is 11.6 Å². The van der Waals surface area contributed by atoms with Crippen LogP contribution >= 0.6 is 27.5 Å². The Morgan fingerprint density at radius 2 is 2.26 bits per heavy atom. The van der Waals surface area contributed by atoms with Crippen molar-refractivity contribution < 1.29 is 4.79 Å². The molecule has 0 saturated carbocycles. The number of nitrogens with zero attached hydrogens (tertiary/aromatic N) is 3. The fourth-order valence-electron chi connectivity index (χ4n) is 1.86. The topological polar surface area (TPSA) is 47.8 Å². The van der Waals surface area contributed by atoms with Gasteiger partial charge in [-0.05, 0) is 41.9 Å². The van der Waals surface area contributed by atoms with Crippen molar-refractivity contribution in [1.82, 2.24) is 14.8 Å². The van der Waals surface area contributed by atoms with Crippen LogP contribution in [0.4, 0.5) is 0 Å². The summed E-state index contributed by atoms with van der Waals surface area (Å²) in [5.41, 5.74) is 1.90. The molecule has 2 aromatic heterocycles. The summed E-state index contributed by atoms with van der Waals surface area (Å²) < 4.78 is 2.45. The highest BCUT2D eigenvalue weighted by atomic mass is 79.9. The summed E-state index contributed by atoms with van der Waals surface area (Å²) in [5, 5.41) is 4.86. The number of carbonyl (C=O) groups is 1. The van der Waals surface area contributed by atoms with Crippen molar-refractivity contribution in [3.63, 3.8) is 0 Å². The van der Waals surface area contributed by atoms with Gasteiger partial charge in [-0.3, -0.25) is 14.5 Å². The van der Waals surface area contributed by atoms with E-state index in [-0.39, 0.29) is 12.2 Å². The molecule has 6 heteroatoms. The Hall–Kier alpha value is -1.20. The largest absolute Gasteiger partial charge is 0.292 e. The predicted molar refractivity (Wildman–Crippen MR) is 77.6 cm³/mol. The molecule has 0 radical (unpaired) electrons. The predicted octanol–water partition coefficient (Wildman–Crippen LogP) is 3.45.